The van der Waals surface area contributed by atoms with Crippen LogP contribution in [-0.2, 0) is 0 Å². The molecule has 0 radical (unpaired) electrons. The quantitative estimate of drug-likeness (QED) is 0.686. The third kappa shape index (κ3) is 1.16. The lowest BCUT2D eigenvalue weighted by molar-refractivity contribution is 0.325. The van der Waals surface area contributed by atoms with Gasteiger partial charge in [0.2, 0.25) is 5.88 Å². The van der Waals surface area contributed by atoms with Crippen molar-refractivity contribution in [2.45, 2.75) is 6.92 Å². The monoisotopic (exact) mass is 202 g/mol. The van der Waals surface area contributed by atoms with Crippen molar-refractivity contribution in [1.82, 2.24) is 19.6 Å². The van der Waals surface area contributed by atoms with Crippen LogP contribution in [0.25, 0.3) is 16.8 Å². The van der Waals surface area contributed by atoms with Crippen LogP contribution in [-0.4, -0.2) is 26.2 Å². The molecule has 3 rings (SSSR count). The van der Waals surface area contributed by atoms with E-state index in [0.717, 1.165) is 16.8 Å². The third-order valence-electron chi connectivity index (χ3n) is 2.22. The number of fused-ring (bicyclic) bond motifs is 3. The number of imidazole rings is 1. The SMILES string of the molecule is CCOc1cc2nc3cccnc3n2[nH]1. The molecule has 3 aromatic rings. The van der Waals surface area contributed by atoms with Gasteiger partial charge in [0, 0.05) is 12.3 Å². The first-order chi connectivity index (χ1) is 7.38. The van der Waals surface area contributed by atoms with E-state index < -0.39 is 0 Å². The van der Waals surface area contributed by atoms with Crippen LogP contribution in [0.4, 0.5) is 0 Å². The lowest BCUT2D eigenvalue weighted by Gasteiger charge is -1.96. The normalized spacial score (nSPS) is 11.3. The van der Waals surface area contributed by atoms with Crippen molar-refractivity contribution in [1.29, 1.82) is 0 Å². The van der Waals surface area contributed by atoms with Crippen molar-refractivity contribution in [3.05, 3.63) is 24.4 Å². The van der Waals surface area contributed by atoms with Gasteiger partial charge in [-0.05, 0) is 19.1 Å². The average molecular weight is 202 g/mol. The van der Waals surface area contributed by atoms with Crippen LogP contribution in [0.2, 0.25) is 0 Å². The van der Waals surface area contributed by atoms with Gasteiger partial charge in [0.25, 0.3) is 0 Å². The molecule has 0 unspecified atom stereocenters. The number of pyridine rings is 1. The summed E-state index contributed by atoms with van der Waals surface area (Å²) in [6, 6.07) is 5.67. The van der Waals surface area contributed by atoms with Gasteiger partial charge in [-0.25, -0.2) is 14.5 Å². The van der Waals surface area contributed by atoms with Crippen LogP contribution >= 0.6 is 0 Å². The van der Waals surface area contributed by atoms with Crippen LogP contribution < -0.4 is 4.74 Å². The lowest BCUT2D eigenvalue weighted by atomic mass is 10.4. The van der Waals surface area contributed by atoms with E-state index in [0.29, 0.717) is 12.5 Å². The van der Waals surface area contributed by atoms with E-state index in [-0.39, 0.29) is 0 Å². The Morgan fingerprint density at radius 3 is 3.33 bits per heavy atom. The second-order valence-electron chi connectivity index (χ2n) is 3.20. The maximum atomic E-state index is 5.35. The molecule has 15 heavy (non-hydrogen) atoms. The Morgan fingerprint density at radius 1 is 1.53 bits per heavy atom. The van der Waals surface area contributed by atoms with Gasteiger partial charge in [-0.2, -0.15) is 0 Å². The molecule has 0 aliphatic rings. The summed E-state index contributed by atoms with van der Waals surface area (Å²) in [5, 5.41) is 3.09. The van der Waals surface area contributed by atoms with E-state index >= 15 is 0 Å². The minimum Gasteiger partial charge on any atom is -0.478 e. The molecule has 0 aromatic carbocycles. The predicted molar refractivity (Wildman–Crippen MR) is 56.0 cm³/mol. The Balaban J connectivity index is 2.28. The van der Waals surface area contributed by atoms with E-state index in [1.807, 2.05) is 29.6 Å². The zero-order valence-corrected chi connectivity index (χ0v) is 8.27. The van der Waals surface area contributed by atoms with Crippen molar-refractivity contribution in [3.63, 3.8) is 0 Å². The highest BCUT2D eigenvalue weighted by molar-refractivity contribution is 5.76. The van der Waals surface area contributed by atoms with Crippen molar-refractivity contribution in [2.75, 3.05) is 6.61 Å². The van der Waals surface area contributed by atoms with Gasteiger partial charge in [-0.15, -0.1) is 0 Å². The Morgan fingerprint density at radius 2 is 2.47 bits per heavy atom. The summed E-state index contributed by atoms with van der Waals surface area (Å²) in [6.45, 7) is 2.58. The Kier molecular flexibility index (Phi) is 1.65. The highest BCUT2D eigenvalue weighted by Crippen LogP contribution is 2.17. The van der Waals surface area contributed by atoms with Crippen molar-refractivity contribution in [2.24, 2.45) is 0 Å². The summed E-state index contributed by atoms with van der Waals surface area (Å²) in [6.07, 6.45) is 1.75. The molecule has 5 nitrogen and oxygen atoms in total. The summed E-state index contributed by atoms with van der Waals surface area (Å²) in [5.74, 6) is 0.715. The van der Waals surface area contributed by atoms with Crippen LogP contribution in [0.3, 0.4) is 0 Å². The summed E-state index contributed by atoms with van der Waals surface area (Å²) < 4.78 is 7.17. The van der Waals surface area contributed by atoms with E-state index in [2.05, 4.69) is 15.1 Å². The molecule has 3 heterocycles. The zero-order valence-electron chi connectivity index (χ0n) is 8.27. The molecular formula is C10H10N4O. The van der Waals surface area contributed by atoms with Gasteiger partial charge in [0.05, 0.1) is 6.61 Å². The van der Waals surface area contributed by atoms with Crippen LogP contribution in [0.15, 0.2) is 24.4 Å². The fourth-order valence-electron chi connectivity index (χ4n) is 1.63. The number of nitrogens with one attached hydrogen (secondary N) is 1. The van der Waals surface area contributed by atoms with Gasteiger partial charge in [0.1, 0.15) is 5.52 Å². The maximum absolute atomic E-state index is 5.35. The molecule has 0 saturated carbocycles. The molecule has 76 valence electrons. The summed E-state index contributed by atoms with van der Waals surface area (Å²) in [5.41, 5.74) is 2.53. The first-order valence-corrected chi connectivity index (χ1v) is 4.83. The summed E-state index contributed by atoms with van der Waals surface area (Å²) in [7, 11) is 0. The van der Waals surface area contributed by atoms with Gasteiger partial charge < -0.3 is 4.74 Å². The molecule has 3 aromatic heterocycles. The fraction of sp³-hybridized carbons (Fsp3) is 0.200. The number of hydrogen-bond donors (Lipinski definition) is 1. The number of aromatic amines is 1. The van der Waals surface area contributed by atoms with E-state index in [1.165, 1.54) is 0 Å². The first-order valence-electron chi connectivity index (χ1n) is 4.83. The standard InChI is InChI=1S/C10H10N4O/c1-2-15-9-6-8-12-7-4-3-5-11-10(7)14(8)13-9/h3-6,13H,2H2,1H3. The lowest BCUT2D eigenvalue weighted by Crippen LogP contribution is -1.93. The van der Waals surface area contributed by atoms with Crippen molar-refractivity contribution >= 4 is 16.8 Å². The van der Waals surface area contributed by atoms with Crippen LogP contribution in [0.5, 0.6) is 5.88 Å². The molecule has 1 N–H and O–H groups in total. The summed E-state index contributed by atoms with van der Waals surface area (Å²) in [4.78, 5) is 8.66. The Bertz CT molecular complexity index is 610. The minimum absolute atomic E-state index is 0.634. The van der Waals surface area contributed by atoms with E-state index in [4.69, 9.17) is 4.74 Å². The highest BCUT2D eigenvalue weighted by Gasteiger charge is 2.08. The van der Waals surface area contributed by atoms with Crippen LogP contribution in [0.1, 0.15) is 6.92 Å². The molecule has 0 amide bonds. The van der Waals surface area contributed by atoms with Crippen molar-refractivity contribution in [3.8, 4) is 5.88 Å². The number of aromatic nitrogens is 4. The zero-order chi connectivity index (χ0) is 10.3. The van der Waals surface area contributed by atoms with Gasteiger partial charge >= 0.3 is 0 Å². The highest BCUT2D eigenvalue weighted by atomic mass is 16.5. The largest absolute Gasteiger partial charge is 0.478 e. The van der Waals surface area contributed by atoms with E-state index in [1.54, 1.807) is 6.20 Å². The van der Waals surface area contributed by atoms with Gasteiger partial charge in [0.15, 0.2) is 11.3 Å². The molecular weight excluding hydrogens is 192 g/mol. The Labute approximate surface area is 85.7 Å². The average Bonchev–Trinajstić information content (AvgIpc) is 2.75. The molecule has 0 fully saturated rings. The Hall–Kier alpha value is -2.04. The number of rotatable bonds is 2. The van der Waals surface area contributed by atoms with Crippen molar-refractivity contribution < 1.29 is 4.74 Å². The predicted octanol–water partition coefficient (Wildman–Crippen LogP) is 1.61. The van der Waals surface area contributed by atoms with E-state index in [9.17, 15) is 0 Å². The van der Waals surface area contributed by atoms with Crippen LogP contribution in [0, 0.1) is 0 Å². The number of H-pyrrole nitrogens is 1. The second-order valence-corrected chi connectivity index (χ2v) is 3.20. The number of nitrogens with zero attached hydrogens (tertiary/aromatic N) is 3. The van der Waals surface area contributed by atoms with Gasteiger partial charge in [-0.3, -0.25) is 5.10 Å². The third-order valence-corrected chi connectivity index (χ3v) is 2.22. The smallest absolute Gasteiger partial charge is 0.210 e. The topological polar surface area (TPSA) is 55.2 Å². The minimum atomic E-state index is 0.634. The summed E-state index contributed by atoms with van der Waals surface area (Å²) >= 11 is 0. The fourth-order valence-corrected chi connectivity index (χ4v) is 1.63. The molecule has 0 aliphatic carbocycles. The number of ether oxygens (including phenoxy) is 1. The van der Waals surface area contributed by atoms with Gasteiger partial charge in [-0.1, -0.05) is 0 Å². The number of hydrogen-bond acceptors (Lipinski definition) is 3. The maximum Gasteiger partial charge on any atom is 0.210 e. The molecule has 0 saturated heterocycles. The molecule has 5 heteroatoms. The second kappa shape index (κ2) is 2.98. The molecule has 0 aliphatic heterocycles. The molecule has 0 spiro atoms. The molecule has 0 bridgehead atoms. The first kappa shape index (κ1) is 8.28. The molecule has 0 atom stereocenters.